The Morgan fingerprint density at radius 1 is 0.788 bits per heavy atom. The van der Waals surface area contributed by atoms with Gasteiger partial charge in [-0.2, -0.15) is 32.6 Å². The van der Waals surface area contributed by atoms with Crippen molar-refractivity contribution in [2.24, 2.45) is 0 Å². The van der Waals surface area contributed by atoms with Crippen LogP contribution >= 0.6 is 22.7 Å². The van der Waals surface area contributed by atoms with E-state index in [1.807, 2.05) is 19.1 Å². The predicted octanol–water partition coefficient (Wildman–Crippen LogP) is 4.14. The van der Waals surface area contributed by atoms with Gasteiger partial charge in [0.05, 0.1) is 37.4 Å². The molecule has 5 rings (SSSR count). The molecule has 0 bridgehead atoms. The van der Waals surface area contributed by atoms with Gasteiger partial charge in [-0.3, -0.25) is 0 Å². The number of aliphatic hydroxyl groups is 2. The lowest BCUT2D eigenvalue weighted by Crippen LogP contribution is -2.41. The molecule has 4 aromatic rings. The summed E-state index contributed by atoms with van der Waals surface area (Å²) in [5, 5.41) is 28.1. The Kier molecular flexibility index (Phi) is 6.20. The summed E-state index contributed by atoms with van der Waals surface area (Å²) in [6, 6.07) is 8.38. The number of aryl methyl sites for hydroxylation is 1. The number of hydrogen-bond acceptors (Lipinski definition) is 9. The molecule has 0 radical (unpaired) electrons. The first-order valence-electron chi connectivity index (χ1n) is 10.6. The van der Waals surface area contributed by atoms with E-state index in [9.17, 15) is 10.2 Å². The predicted molar refractivity (Wildman–Crippen MR) is 127 cm³/mol. The van der Waals surface area contributed by atoms with Gasteiger partial charge in [0.2, 0.25) is 0 Å². The van der Waals surface area contributed by atoms with Crippen LogP contribution in [0.3, 0.4) is 0 Å². The summed E-state index contributed by atoms with van der Waals surface area (Å²) in [5.41, 5.74) is 5.40. The summed E-state index contributed by atoms with van der Waals surface area (Å²) >= 11 is 3.34. The molecule has 0 amide bonds. The molecule has 33 heavy (non-hydrogen) atoms. The zero-order valence-electron chi connectivity index (χ0n) is 18.3. The van der Waals surface area contributed by atoms with Gasteiger partial charge in [0, 0.05) is 29.4 Å². The Morgan fingerprint density at radius 3 is 1.82 bits per heavy atom. The highest BCUT2D eigenvalue weighted by Gasteiger charge is 2.54. The van der Waals surface area contributed by atoms with Crippen molar-refractivity contribution in [1.29, 1.82) is 0 Å². The molecule has 0 saturated heterocycles. The average Bonchev–Trinajstić information content (AvgIpc) is 3.53. The van der Waals surface area contributed by atoms with Gasteiger partial charge in [-0.05, 0) is 63.8 Å². The van der Waals surface area contributed by atoms with Crippen molar-refractivity contribution >= 4 is 22.7 Å². The summed E-state index contributed by atoms with van der Waals surface area (Å²) in [7, 11) is 1.54. The monoisotopic (exact) mass is 480 g/mol. The maximum atomic E-state index is 9.79. The van der Waals surface area contributed by atoms with Gasteiger partial charge in [-0.1, -0.05) is 0 Å². The fourth-order valence-corrected chi connectivity index (χ4v) is 6.40. The molecule has 0 aliphatic heterocycles. The summed E-state index contributed by atoms with van der Waals surface area (Å²) < 4.78 is 5.35. The maximum absolute atomic E-state index is 9.79. The second kappa shape index (κ2) is 9.26. The minimum absolute atomic E-state index is 0.0502. The van der Waals surface area contributed by atoms with Gasteiger partial charge < -0.3 is 14.9 Å². The molecule has 0 unspecified atom stereocenters. The van der Waals surface area contributed by atoms with E-state index >= 15 is 0 Å². The summed E-state index contributed by atoms with van der Waals surface area (Å²) in [4.78, 5) is 18.2. The molecule has 0 aromatic carbocycles. The molecule has 9 heteroatoms. The van der Waals surface area contributed by atoms with Crippen molar-refractivity contribution in [2.75, 3.05) is 7.11 Å². The fourth-order valence-electron chi connectivity index (χ4n) is 4.99. The van der Waals surface area contributed by atoms with E-state index in [1.165, 1.54) is 18.2 Å². The van der Waals surface area contributed by atoms with Gasteiger partial charge in [0.25, 0.3) is 0 Å². The Labute approximate surface area is 199 Å². The van der Waals surface area contributed by atoms with E-state index in [1.54, 1.807) is 22.7 Å². The van der Waals surface area contributed by atoms with E-state index in [4.69, 9.17) is 14.7 Å². The molecule has 7 nitrogen and oxygen atoms in total. The van der Waals surface area contributed by atoms with Crippen molar-refractivity contribution in [3.05, 3.63) is 85.5 Å². The minimum atomic E-state index is -0.181. The Bertz CT molecular complexity index is 1170. The highest BCUT2D eigenvalue weighted by molar-refractivity contribution is 7.08. The highest BCUT2D eigenvalue weighted by Crippen LogP contribution is 2.66. The lowest BCUT2D eigenvalue weighted by atomic mass is 9.51. The first-order chi connectivity index (χ1) is 16.1. The first kappa shape index (κ1) is 22.1. The van der Waals surface area contributed by atoms with Crippen LogP contribution in [0.15, 0.2) is 45.8 Å². The van der Waals surface area contributed by atoms with Gasteiger partial charge in [0.15, 0.2) is 0 Å². The molecule has 2 N–H and O–H groups in total. The lowest BCUT2D eigenvalue weighted by Gasteiger charge is -2.52. The largest absolute Gasteiger partial charge is 0.467 e. The van der Waals surface area contributed by atoms with Gasteiger partial charge >= 0.3 is 6.01 Å². The van der Waals surface area contributed by atoms with E-state index in [0.29, 0.717) is 17.2 Å². The van der Waals surface area contributed by atoms with Gasteiger partial charge in [0.1, 0.15) is 5.82 Å². The van der Waals surface area contributed by atoms with Crippen molar-refractivity contribution < 1.29 is 14.9 Å². The van der Waals surface area contributed by atoms with E-state index in [0.717, 1.165) is 11.4 Å². The normalized spacial score (nSPS) is 22.2. The second-order valence-corrected chi connectivity index (χ2v) is 9.70. The minimum Gasteiger partial charge on any atom is -0.467 e. The molecule has 4 aromatic heterocycles. The summed E-state index contributed by atoms with van der Waals surface area (Å²) in [5.74, 6) is 1.03. The number of thiophene rings is 2. The summed E-state index contributed by atoms with van der Waals surface area (Å²) in [6.45, 7) is 1.56. The van der Waals surface area contributed by atoms with E-state index in [-0.39, 0.29) is 42.9 Å². The number of ether oxygens (including phenoxy) is 1. The molecule has 1 saturated carbocycles. The number of aromatic nitrogens is 4. The van der Waals surface area contributed by atoms with Crippen molar-refractivity contribution in [1.82, 2.24) is 19.9 Å². The fraction of sp³-hybridized carbons (Fsp3) is 0.333. The second-order valence-electron chi connectivity index (χ2n) is 8.13. The van der Waals surface area contributed by atoms with Crippen LogP contribution in [0, 0.1) is 6.92 Å². The summed E-state index contributed by atoms with van der Waals surface area (Å²) in [6.07, 6.45) is 0. The number of hydrogen-bond donors (Lipinski definition) is 2. The van der Waals surface area contributed by atoms with E-state index < -0.39 is 0 Å². The Hall–Kier alpha value is -2.72. The van der Waals surface area contributed by atoms with Crippen LogP contribution < -0.4 is 4.74 Å². The smallest absolute Gasteiger partial charge is 0.316 e. The van der Waals surface area contributed by atoms with Crippen molar-refractivity contribution in [3.63, 3.8) is 0 Å². The van der Waals surface area contributed by atoms with Crippen LogP contribution in [0.25, 0.3) is 0 Å². The third-order valence-electron chi connectivity index (χ3n) is 6.28. The molecule has 1 fully saturated rings. The number of aliphatic hydroxyl groups excluding tert-OH is 2. The van der Waals surface area contributed by atoms with Crippen molar-refractivity contribution in [2.45, 2.75) is 43.8 Å². The van der Waals surface area contributed by atoms with Crippen LogP contribution in [0.5, 0.6) is 6.01 Å². The molecular weight excluding hydrogens is 456 g/mol. The molecule has 1 aliphatic rings. The Morgan fingerprint density at radius 2 is 1.33 bits per heavy atom. The zero-order chi connectivity index (χ0) is 22.9. The van der Waals surface area contributed by atoms with Crippen LogP contribution in [0.1, 0.15) is 63.4 Å². The topological polar surface area (TPSA) is 101 Å². The van der Waals surface area contributed by atoms with Crippen LogP contribution in [0.2, 0.25) is 0 Å². The zero-order valence-corrected chi connectivity index (χ0v) is 19.9. The molecule has 0 spiro atoms. The highest BCUT2D eigenvalue weighted by atomic mass is 32.1. The molecule has 170 valence electrons. The molecular formula is C24H24N4O3S2. The average molecular weight is 481 g/mol. The van der Waals surface area contributed by atoms with E-state index in [2.05, 4.69) is 43.6 Å². The SMILES string of the molecule is COc1nc(CO)cc([C@H]2[C@H](c3ccsc3)[C@H](c3cc(CO)nc(C)n3)[C@H]2c2ccsc2)n1. The number of rotatable bonds is 7. The third kappa shape index (κ3) is 4.06. The maximum Gasteiger partial charge on any atom is 0.316 e. The Balaban J connectivity index is 1.69. The molecule has 1 aliphatic carbocycles. The number of methoxy groups -OCH3 is 1. The third-order valence-corrected chi connectivity index (χ3v) is 7.69. The van der Waals surface area contributed by atoms with Gasteiger partial charge in [-0.15, -0.1) is 0 Å². The van der Waals surface area contributed by atoms with Crippen LogP contribution in [-0.2, 0) is 13.2 Å². The van der Waals surface area contributed by atoms with Crippen LogP contribution in [-0.4, -0.2) is 37.3 Å². The number of nitrogens with zero attached hydrogens (tertiary/aromatic N) is 4. The van der Waals surface area contributed by atoms with Crippen molar-refractivity contribution in [3.8, 4) is 6.01 Å². The standard InChI is InChI=1S/C24H24N4O3S2/c1-13-25-16(9-29)7-18(26-13)22-20(14-3-5-32-11-14)23(21(22)15-4-6-33-12-15)19-8-17(10-30)27-24(28-19)31-2/h3-8,11-12,20-23,29-30H,9-10H2,1-2H3/t20-,21-,22-,23-/m1/s1. The van der Waals surface area contributed by atoms with Gasteiger partial charge in [-0.25, -0.2) is 9.97 Å². The molecule has 2 atom stereocenters. The molecule has 4 heterocycles. The lowest BCUT2D eigenvalue weighted by molar-refractivity contribution is 0.216. The van der Waals surface area contributed by atoms with Crippen LogP contribution in [0.4, 0.5) is 0 Å². The quantitative estimate of drug-likeness (QED) is 0.410. The first-order valence-corrected chi connectivity index (χ1v) is 12.5.